The summed E-state index contributed by atoms with van der Waals surface area (Å²) in [6.07, 6.45) is 9.65. The van der Waals surface area contributed by atoms with Crippen molar-refractivity contribution in [2.24, 2.45) is 11.7 Å². The number of hydrazine groups is 1. The number of hydrogen-bond acceptors (Lipinski definition) is 7. The number of ether oxygens (including phenoxy) is 1. The fraction of sp³-hybridized carbons (Fsp3) is 0.419. The van der Waals surface area contributed by atoms with Gasteiger partial charge in [-0.1, -0.05) is 36.4 Å². The number of nitrogens with two attached hydrogens (primary N) is 1. The van der Waals surface area contributed by atoms with Gasteiger partial charge in [0.2, 0.25) is 5.91 Å². The first kappa shape index (κ1) is 26.6. The number of amides is 2. The highest BCUT2D eigenvalue weighted by Gasteiger charge is 2.49. The molecule has 40 heavy (non-hydrogen) atoms. The second-order valence-corrected chi connectivity index (χ2v) is 11.1. The largest absolute Gasteiger partial charge is 0.457 e. The normalized spacial score (nSPS) is 27.0. The first-order valence-corrected chi connectivity index (χ1v) is 14.4. The Morgan fingerprint density at radius 3 is 2.52 bits per heavy atom. The summed E-state index contributed by atoms with van der Waals surface area (Å²) in [5.74, 6) is 1.24. The summed E-state index contributed by atoms with van der Waals surface area (Å²) in [4.78, 5) is 32.7. The van der Waals surface area contributed by atoms with Crippen LogP contribution in [0.15, 0.2) is 72.9 Å². The number of nitrogens with one attached hydrogen (secondary N) is 2. The molecule has 4 aliphatic rings. The molecule has 3 fully saturated rings. The summed E-state index contributed by atoms with van der Waals surface area (Å²) in [5.41, 5.74) is 14.2. The number of carbonyl (C=O) groups excluding carboxylic acids is 2. The molecule has 0 saturated carbocycles. The minimum Gasteiger partial charge on any atom is -0.457 e. The Labute approximate surface area is 235 Å². The lowest BCUT2D eigenvalue weighted by molar-refractivity contribution is -0.132. The Bertz CT molecular complexity index is 1260. The Balaban J connectivity index is 1.19. The van der Waals surface area contributed by atoms with Crippen molar-refractivity contribution in [3.05, 3.63) is 78.5 Å². The van der Waals surface area contributed by atoms with Gasteiger partial charge in [0.15, 0.2) is 0 Å². The van der Waals surface area contributed by atoms with Crippen LogP contribution >= 0.6 is 0 Å². The molecule has 4 aliphatic heterocycles. The van der Waals surface area contributed by atoms with Crippen molar-refractivity contribution in [2.75, 3.05) is 32.7 Å². The van der Waals surface area contributed by atoms with Gasteiger partial charge in [-0.05, 0) is 74.2 Å². The fourth-order valence-corrected chi connectivity index (χ4v) is 6.40. The van der Waals surface area contributed by atoms with E-state index in [1.165, 1.54) is 12.8 Å². The SMILES string of the molecule is NC1NNC(=O)C2C1C(c1ccc(Oc3ccccc3)cc1)=CN2[C@@H]1CCCN(C(=O)/C=C/CN2CCCC2)C1. The van der Waals surface area contributed by atoms with Crippen LogP contribution in [-0.4, -0.2) is 77.5 Å². The van der Waals surface area contributed by atoms with Gasteiger partial charge < -0.3 is 20.3 Å². The van der Waals surface area contributed by atoms with Crippen molar-refractivity contribution in [3.63, 3.8) is 0 Å². The van der Waals surface area contributed by atoms with E-state index in [4.69, 9.17) is 10.5 Å². The smallest absolute Gasteiger partial charge is 0.257 e. The first-order chi connectivity index (χ1) is 19.6. The molecule has 4 heterocycles. The van der Waals surface area contributed by atoms with Crippen molar-refractivity contribution in [1.29, 1.82) is 0 Å². The van der Waals surface area contributed by atoms with Gasteiger partial charge in [-0.2, -0.15) is 0 Å². The molecular formula is C31H38N6O3. The quantitative estimate of drug-likeness (QED) is 0.463. The molecule has 2 amide bonds. The fourth-order valence-electron chi connectivity index (χ4n) is 6.40. The second-order valence-electron chi connectivity index (χ2n) is 11.1. The van der Waals surface area contributed by atoms with Gasteiger partial charge in [0.25, 0.3) is 5.91 Å². The van der Waals surface area contributed by atoms with Crippen LogP contribution in [0, 0.1) is 5.92 Å². The summed E-state index contributed by atoms with van der Waals surface area (Å²) in [6.45, 7) is 4.36. The maximum Gasteiger partial charge on any atom is 0.257 e. The highest BCUT2D eigenvalue weighted by molar-refractivity contribution is 5.89. The zero-order valence-corrected chi connectivity index (χ0v) is 22.7. The number of benzene rings is 2. The molecule has 0 radical (unpaired) electrons. The Kier molecular flexibility index (Phi) is 7.86. The standard InChI is InChI=1S/C31H38N6O3/c32-30-28-26(22-12-14-25(15-13-22)40-24-9-2-1-3-10-24)21-37(29(28)31(39)34-33-30)23-8-6-19-36(20-23)27(38)11-7-18-35-16-4-5-17-35/h1-3,7,9-15,21,23,28-30,33H,4-6,8,16-20,32H2,(H,34,39)/b11-7+/t23-,28?,29?,30?/m1/s1. The molecule has 4 N–H and O–H groups in total. The van der Waals surface area contributed by atoms with E-state index < -0.39 is 12.2 Å². The molecule has 4 atom stereocenters. The lowest BCUT2D eigenvalue weighted by Gasteiger charge is -2.43. The third kappa shape index (κ3) is 5.63. The van der Waals surface area contributed by atoms with Gasteiger partial charge >= 0.3 is 0 Å². The van der Waals surface area contributed by atoms with Crippen LogP contribution in [-0.2, 0) is 9.59 Å². The van der Waals surface area contributed by atoms with Gasteiger partial charge in [0, 0.05) is 43.9 Å². The van der Waals surface area contributed by atoms with Gasteiger partial charge in [0.1, 0.15) is 17.5 Å². The number of nitrogens with zero attached hydrogens (tertiary/aromatic N) is 3. The third-order valence-corrected chi connectivity index (χ3v) is 8.45. The zero-order valence-electron chi connectivity index (χ0n) is 22.7. The van der Waals surface area contributed by atoms with Crippen LogP contribution in [0.1, 0.15) is 31.2 Å². The van der Waals surface area contributed by atoms with Crippen molar-refractivity contribution < 1.29 is 14.3 Å². The van der Waals surface area contributed by atoms with E-state index in [-0.39, 0.29) is 23.8 Å². The predicted molar refractivity (Wildman–Crippen MR) is 154 cm³/mol. The highest BCUT2D eigenvalue weighted by atomic mass is 16.5. The van der Waals surface area contributed by atoms with Crippen molar-refractivity contribution in [2.45, 2.75) is 43.9 Å². The second kappa shape index (κ2) is 11.8. The van der Waals surface area contributed by atoms with Crippen LogP contribution < -0.4 is 21.3 Å². The number of fused-ring (bicyclic) bond motifs is 1. The Morgan fingerprint density at radius 1 is 1.00 bits per heavy atom. The van der Waals surface area contributed by atoms with E-state index in [1.54, 1.807) is 6.08 Å². The molecule has 9 nitrogen and oxygen atoms in total. The predicted octanol–water partition coefficient (Wildman–Crippen LogP) is 2.68. The van der Waals surface area contributed by atoms with Crippen LogP contribution in [0.5, 0.6) is 11.5 Å². The molecule has 0 spiro atoms. The molecule has 0 aliphatic carbocycles. The van der Waals surface area contributed by atoms with Gasteiger partial charge in [-0.3, -0.25) is 19.9 Å². The van der Waals surface area contributed by atoms with Crippen molar-refractivity contribution >= 4 is 17.4 Å². The van der Waals surface area contributed by atoms with Gasteiger partial charge in [-0.15, -0.1) is 0 Å². The average molecular weight is 543 g/mol. The summed E-state index contributed by atoms with van der Waals surface area (Å²) in [7, 11) is 0. The molecule has 2 aromatic rings. The van der Waals surface area contributed by atoms with Crippen LogP contribution in [0.3, 0.4) is 0 Å². The zero-order chi connectivity index (χ0) is 27.5. The summed E-state index contributed by atoms with van der Waals surface area (Å²) in [6, 6.07) is 17.2. The van der Waals surface area contributed by atoms with Crippen LogP contribution in [0.4, 0.5) is 0 Å². The molecular weight excluding hydrogens is 504 g/mol. The number of carbonyl (C=O) groups is 2. The number of para-hydroxylation sites is 1. The number of likely N-dealkylation sites (tertiary alicyclic amines) is 2. The number of hydrogen-bond donors (Lipinski definition) is 3. The Morgan fingerprint density at radius 2 is 1.75 bits per heavy atom. The van der Waals surface area contributed by atoms with E-state index in [0.29, 0.717) is 6.54 Å². The summed E-state index contributed by atoms with van der Waals surface area (Å²) < 4.78 is 5.97. The van der Waals surface area contributed by atoms with Gasteiger partial charge in [-0.25, -0.2) is 5.43 Å². The molecule has 2 aromatic carbocycles. The van der Waals surface area contributed by atoms with E-state index in [9.17, 15) is 9.59 Å². The monoisotopic (exact) mass is 542 g/mol. The maximum absolute atomic E-state index is 13.2. The van der Waals surface area contributed by atoms with E-state index in [0.717, 1.165) is 61.7 Å². The van der Waals surface area contributed by atoms with Gasteiger partial charge in [0.05, 0.1) is 6.17 Å². The highest BCUT2D eigenvalue weighted by Crippen LogP contribution is 2.41. The van der Waals surface area contributed by atoms with Crippen LogP contribution in [0.25, 0.3) is 5.57 Å². The Hall–Kier alpha value is -3.66. The first-order valence-electron chi connectivity index (χ1n) is 14.4. The van der Waals surface area contributed by atoms with Crippen LogP contribution in [0.2, 0.25) is 0 Å². The molecule has 0 bridgehead atoms. The summed E-state index contributed by atoms with van der Waals surface area (Å²) >= 11 is 0. The average Bonchev–Trinajstić information content (AvgIpc) is 3.65. The molecule has 9 heteroatoms. The molecule has 3 saturated heterocycles. The third-order valence-electron chi connectivity index (χ3n) is 8.45. The number of rotatable bonds is 7. The minimum atomic E-state index is -0.436. The van der Waals surface area contributed by atoms with E-state index in [1.807, 2.05) is 65.6 Å². The minimum absolute atomic E-state index is 0.0337. The maximum atomic E-state index is 13.2. The molecule has 210 valence electrons. The topological polar surface area (TPSA) is 103 Å². The van der Waals surface area contributed by atoms with E-state index in [2.05, 4.69) is 26.9 Å². The number of piperidine rings is 1. The lowest BCUT2D eigenvalue weighted by atomic mass is 9.86. The molecule has 0 aromatic heterocycles. The van der Waals surface area contributed by atoms with E-state index >= 15 is 0 Å². The summed E-state index contributed by atoms with van der Waals surface area (Å²) in [5, 5.41) is 0. The lowest BCUT2D eigenvalue weighted by Crippen LogP contribution is -2.67. The molecule has 3 unspecified atom stereocenters. The van der Waals surface area contributed by atoms with Crippen molar-refractivity contribution in [1.82, 2.24) is 25.6 Å². The van der Waals surface area contributed by atoms with Crippen molar-refractivity contribution in [3.8, 4) is 11.5 Å². The molecule has 6 rings (SSSR count).